The van der Waals surface area contributed by atoms with E-state index in [2.05, 4.69) is 10.2 Å². The normalized spacial score (nSPS) is 11.2. The number of azo groups is 1. The van der Waals surface area contributed by atoms with Crippen LogP contribution in [0.15, 0.2) is 71.0 Å². The van der Waals surface area contributed by atoms with E-state index >= 15 is 0 Å². The summed E-state index contributed by atoms with van der Waals surface area (Å²) in [6, 6.07) is 17.5. The Bertz CT molecular complexity index is 938. The van der Waals surface area contributed by atoms with Crippen molar-refractivity contribution in [3.63, 3.8) is 0 Å². The number of rotatable bonds is 5. The Labute approximate surface area is 147 Å². The molecule has 0 bridgehead atoms. The van der Waals surface area contributed by atoms with Gasteiger partial charge >= 0.3 is 0 Å². The lowest BCUT2D eigenvalue weighted by molar-refractivity contribution is 0.0985. The van der Waals surface area contributed by atoms with Crippen LogP contribution in [0.2, 0.25) is 0 Å². The first-order chi connectivity index (χ1) is 12.0. The second kappa shape index (κ2) is 7.26. The molecule has 25 heavy (non-hydrogen) atoms. The van der Waals surface area contributed by atoms with Gasteiger partial charge in [-0.2, -0.15) is 10.2 Å². The molecule has 0 N–H and O–H groups in total. The highest BCUT2D eigenvalue weighted by Crippen LogP contribution is 2.24. The molecule has 3 rings (SSSR count). The van der Waals surface area contributed by atoms with Crippen LogP contribution in [0.25, 0.3) is 0 Å². The SMILES string of the molecule is Cc1cc(N=Nc2ccccc2C)ccc1CC(=O)c1cccn1C. The molecule has 4 nitrogen and oxygen atoms in total. The Hall–Kier alpha value is -3.01. The van der Waals surface area contributed by atoms with E-state index in [1.54, 1.807) is 0 Å². The van der Waals surface area contributed by atoms with Crippen LogP contribution < -0.4 is 0 Å². The lowest BCUT2D eigenvalue weighted by atomic mass is 10.0. The molecule has 0 aliphatic carbocycles. The van der Waals surface area contributed by atoms with Gasteiger partial charge < -0.3 is 4.57 Å². The van der Waals surface area contributed by atoms with Crippen LogP contribution in [0.3, 0.4) is 0 Å². The van der Waals surface area contributed by atoms with E-state index < -0.39 is 0 Å². The zero-order valence-corrected chi connectivity index (χ0v) is 14.7. The summed E-state index contributed by atoms with van der Waals surface area (Å²) in [4.78, 5) is 12.4. The van der Waals surface area contributed by atoms with Crippen LogP contribution in [0.4, 0.5) is 11.4 Å². The first-order valence-electron chi connectivity index (χ1n) is 8.26. The Morgan fingerprint density at radius 2 is 1.76 bits per heavy atom. The third-order valence-corrected chi connectivity index (χ3v) is 4.30. The van der Waals surface area contributed by atoms with Crippen LogP contribution in [0, 0.1) is 13.8 Å². The number of aryl methyl sites for hydroxylation is 3. The monoisotopic (exact) mass is 331 g/mol. The molecule has 0 amide bonds. The minimum absolute atomic E-state index is 0.116. The molecule has 126 valence electrons. The van der Waals surface area contributed by atoms with Gasteiger partial charge in [0.25, 0.3) is 0 Å². The number of carbonyl (C=O) groups excluding carboxylic acids is 1. The number of hydrogen-bond acceptors (Lipinski definition) is 3. The average Bonchev–Trinajstić information content (AvgIpc) is 3.02. The fourth-order valence-electron chi connectivity index (χ4n) is 2.74. The number of hydrogen-bond donors (Lipinski definition) is 0. The Kier molecular flexibility index (Phi) is 4.89. The standard InChI is InChI=1S/C21H21N3O/c1-15-7-4-5-8-19(15)23-22-18-11-10-17(16(2)13-18)14-21(25)20-9-6-12-24(20)3/h4-13H,14H2,1-3H3. The van der Waals surface area contributed by atoms with E-state index in [9.17, 15) is 4.79 Å². The number of benzene rings is 2. The Balaban J connectivity index is 1.76. The highest BCUT2D eigenvalue weighted by Gasteiger charge is 2.11. The lowest BCUT2D eigenvalue weighted by Crippen LogP contribution is -2.09. The summed E-state index contributed by atoms with van der Waals surface area (Å²) >= 11 is 0. The third-order valence-electron chi connectivity index (χ3n) is 4.30. The third kappa shape index (κ3) is 3.91. The molecule has 0 unspecified atom stereocenters. The molecule has 3 aromatic rings. The molecule has 1 aromatic heterocycles. The molecule has 0 saturated heterocycles. The van der Waals surface area contributed by atoms with Gasteiger partial charge in [0.1, 0.15) is 0 Å². The molecule has 4 heteroatoms. The maximum atomic E-state index is 12.4. The Morgan fingerprint density at radius 3 is 2.44 bits per heavy atom. The molecule has 0 fully saturated rings. The number of aromatic nitrogens is 1. The zero-order valence-electron chi connectivity index (χ0n) is 14.7. The molecular weight excluding hydrogens is 310 g/mol. The van der Waals surface area contributed by atoms with Crippen molar-refractivity contribution >= 4 is 17.2 Å². The first-order valence-corrected chi connectivity index (χ1v) is 8.26. The summed E-state index contributed by atoms with van der Waals surface area (Å²) in [6.45, 7) is 4.01. The minimum atomic E-state index is 0.116. The predicted octanol–water partition coefficient (Wildman–Crippen LogP) is 5.48. The fourth-order valence-corrected chi connectivity index (χ4v) is 2.74. The largest absolute Gasteiger partial charge is 0.348 e. The molecule has 0 radical (unpaired) electrons. The molecular formula is C21H21N3O. The van der Waals surface area contributed by atoms with Gasteiger partial charge in [-0.3, -0.25) is 4.79 Å². The van der Waals surface area contributed by atoms with Crippen molar-refractivity contribution in [3.05, 3.63) is 83.2 Å². The van der Waals surface area contributed by atoms with Gasteiger partial charge in [-0.05, 0) is 60.9 Å². The number of carbonyl (C=O) groups is 1. The van der Waals surface area contributed by atoms with Crippen molar-refractivity contribution in [3.8, 4) is 0 Å². The highest BCUT2D eigenvalue weighted by atomic mass is 16.1. The molecule has 0 aliphatic heterocycles. The first kappa shape index (κ1) is 16.8. The quantitative estimate of drug-likeness (QED) is 0.451. The van der Waals surface area contributed by atoms with Gasteiger partial charge in [-0.15, -0.1) is 0 Å². The summed E-state index contributed by atoms with van der Waals surface area (Å²) in [5.41, 5.74) is 5.53. The molecule has 0 atom stereocenters. The van der Waals surface area contributed by atoms with Gasteiger partial charge in [0.2, 0.25) is 0 Å². The summed E-state index contributed by atoms with van der Waals surface area (Å²) in [7, 11) is 1.88. The van der Waals surface area contributed by atoms with Crippen molar-refractivity contribution in [2.24, 2.45) is 17.3 Å². The summed E-state index contributed by atoms with van der Waals surface area (Å²) in [6.07, 6.45) is 2.27. The van der Waals surface area contributed by atoms with Crippen LogP contribution in [0.5, 0.6) is 0 Å². The summed E-state index contributed by atoms with van der Waals surface area (Å²) in [5.74, 6) is 0.116. The maximum absolute atomic E-state index is 12.4. The molecule has 1 heterocycles. The van der Waals surface area contributed by atoms with Crippen LogP contribution in [-0.2, 0) is 13.5 Å². The van der Waals surface area contributed by atoms with E-state index in [4.69, 9.17) is 0 Å². The van der Waals surface area contributed by atoms with Gasteiger partial charge in [-0.25, -0.2) is 0 Å². The molecule has 0 spiro atoms. The van der Waals surface area contributed by atoms with Crippen molar-refractivity contribution in [2.45, 2.75) is 20.3 Å². The smallest absolute Gasteiger partial charge is 0.183 e. The number of Topliss-reactive ketones (excluding diaryl/α,β-unsaturated/α-hetero) is 1. The average molecular weight is 331 g/mol. The van der Waals surface area contributed by atoms with E-state index in [1.807, 2.05) is 86.3 Å². The number of nitrogens with zero attached hydrogens (tertiary/aromatic N) is 3. The lowest BCUT2D eigenvalue weighted by Gasteiger charge is -2.07. The Morgan fingerprint density at radius 1 is 0.960 bits per heavy atom. The van der Waals surface area contributed by atoms with Crippen LogP contribution >= 0.6 is 0 Å². The van der Waals surface area contributed by atoms with Crippen LogP contribution in [0.1, 0.15) is 27.2 Å². The minimum Gasteiger partial charge on any atom is -0.348 e. The van der Waals surface area contributed by atoms with Crippen molar-refractivity contribution < 1.29 is 4.79 Å². The summed E-state index contributed by atoms with van der Waals surface area (Å²) < 4.78 is 1.85. The highest BCUT2D eigenvalue weighted by molar-refractivity contribution is 5.96. The predicted molar refractivity (Wildman–Crippen MR) is 100.0 cm³/mol. The van der Waals surface area contributed by atoms with E-state index in [0.717, 1.165) is 33.8 Å². The molecule has 0 aliphatic rings. The van der Waals surface area contributed by atoms with Gasteiger partial charge in [0, 0.05) is 19.7 Å². The topological polar surface area (TPSA) is 46.7 Å². The zero-order chi connectivity index (χ0) is 17.8. The van der Waals surface area contributed by atoms with Crippen molar-refractivity contribution in [1.29, 1.82) is 0 Å². The molecule has 0 saturated carbocycles. The number of ketones is 1. The van der Waals surface area contributed by atoms with Crippen molar-refractivity contribution in [2.75, 3.05) is 0 Å². The second-order valence-corrected chi connectivity index (χ2v) is 6.20. The van der Waals surface area contributed by atoms with Crippen molar-refractivity contribution in [1.82, 2.24) is 4.57 Å². The van der Waals surface area contributed by atoms with Gasteiger partial charge in [0.05, 0.1) is 17.1 Å². The van der Waals surface area contributed by atoms with E-state index in [0.29, 0.717) is 6.42 Å². The van der Waals surface area contributed by atoms with E-state index in [-0.39, 0.29) is 5.78 Å². The van der Waals surface area contributed by atoms with Gasteiger partial charge in [-0.1, -0.05) is 24.3 Å². The summed E-state index contributed by atoms with van der Waals surface area (Å²) in [5, 5.41) is 8.63. The van der Waals surface area contributed by atoms with E-state index in [1.165, 1.54) is 0 Å². The van der Waals surface area contributed by atoms with Gasteiger partial charge in [0.15, 0.2) is 5.78 Å². The fraction of sp³-hybridized carbons (Fsp3) is 0.190. The molecule has 2 aromatic carbocycles. The second-order valence-electron chi connectivity index (χ2n) is 6.20. The van der Waals surface area contributed by atoms with Crippen LogP contribution in [-0.4, -0.2) is 10.4 Å². The maximum Gasteiger partial charge on any atom is 0.183 e.